The van der Waals surface area contributed by atoms with E-state index in [-0.39, 0.29) is 0 Å². The van der Waals surface area contributed by atoms with E-state index in [1.807, 2.05) is 0 Å². The van der Waals surface area contributed by atoms with Gasteiger partial charge in [-0.3, -0.25) is 0 Å². The van der Waals surface area contributed by atoms with E-state index in [4.69, 9.17) is 0 Å². The summed E-state index contributed by atoms with van der Waals surface area (Å²) < 4.78 is 128. The van der Waals surface area contributed by atoms with Crippen molar-refractivity contribution in [2.24, 2.45) is 0 Å². The maximum atomic E-state index is 12.7. The average molecular weight is 298 g/mol. The van der Waals surface area contributed by atoms with Gasteiger partial charge in [0.25, 0.3) is 0 Å². The summed E-state index contributed by atoms with van der Waals surface area (Å²) in [5.74, 6) is -13.9. The van der Waals surface area contributed by atoms with Crippen LogP contribution in [0, 0.1) is 0 Å². The second-order valence-electron chi connectivity index (χ2n) is 3.00. The molecule has 2 nitrogen and oxygen atoms in total. The monoisotopic (exact) mass is 298 g/mol. The third-order valence-corrected chi connectivity index (χ3v) is 2.94. The molecule has 0 saturated carbocycles. The van der Waals surface area contributed by atoms with Gasteiger partial charge in [0.2, 0.25) is 0 Å². The van der Waals surface area contributed by atoms with E-state index in [1.165, 1.54) is 0 Å². The average Bonchev–Trinajstić information content (AvgIpc) is 1.98. The summed E-state index contributed by atoms with van der Waals surface area (Å²) in [6, 6.07) is 0. The normalized spacial score (nSPS) is 18.9. The van der Waals surface area contributed by atoms with Crippen LogP contribution in [0.4, 0.5) is 39.0 Å². The zero-order chi connectivity index (χ0) is 14.5. The Morgan fingerprint density at radius 3 is 1.24 bits per heavy atom. The molecule has 1 atom stereocenters. The molecule has 0 aliphatic rings. The van der Waals surface area contributed by atoms with Crippen LogP contribution in [-0.4, -0.2) is 31.4 Å². The minimum Gasteiger partial charge on any atom is -0.217 e. The number of rotatable bonds is 3. The van der Waals surface area contributed by atoms with Crippen LogP contribution in [0.2, 0.25) is 0 Å². The molecule has 0 bridgehead atoms. The minimum absolute atomic E-state index is 0.929. The molecule has 0 rings (SSSR count). The second kappa shape index (κ2) is 3.65. The fourth-order valence-corrected chi connectivity index (χ4v) is 1.05. The molecule has 0 aromatic heterocycles. The molecular weight excluding hydrogens is 295 g/mol. The Kier molecular flexibility index (Phi) is 3.51. The van der Waals surface area contributed by atoms with Crippen molar-refractivity contribution >= 4 is 10.2 Å². The van der Waals surface area contributed by atoms with Gasteiger partial charge in [-0.15, -0.1) is 3.89 Å². The van der Waals surface area contributed by atoms with Crippen molar-refractivity contribution in [3.63, 3.8) is 0 Å². The van der Waals surface area contributed by atoms with Crippen LogP contribution in [0.5, 0.6) is 0 Å². The van der Waals surface area contributed by atoms with Gasteiger partial charge in [0.15, 0.2) is 0 Å². The molecule has 0 aliphatic heterocycles. The lowest BCUT2D eigenvalue weighted by Crippen LogP contribution is -2.63. The van der Waals surface area contributed by atoms with E-state index in [0.717, 1.165) is 0 Å². The molecule has 0 fully saturated rings. The first kappa shape index (κ1) is 16.3. The summed E-state index contributed by atoms with van der Waals surface area (Å²) in [6.07, 6.45) is -6.95. The molecule has 12 heteroatoms. The number of hydrogen-bond acceptors (Lipinski definition) is 2. The van der Waals surface area contributed by atoms with Gasteiger partial charge in [0.05, 0.1) is 0 Å². The standard InChI is InChI=1S/C5H3F9O2S/c1-2(6,17(14,15)16)3(7,8)4(9,10)5(11,12)13/h1H3. The largest absolute Gasteiger partial charge is 0.460 e. The smallest absolute Gasteiger partial charge is 0.217 e. The summed E-state index contributed by atoms with van der Waals surface area (Å²) in [6.45, 7) is -0.929. The summed E-state index contributed by atoms with van der Waals surface area (Å²) in [4.78, 5) is 0. The van der Waals surface area contributed by atoms with Crippen LogP contribution >= 0.6 is 0 Å². The molecule has 0 saturated heterocycles. The highest BCUT2D eigenvalue weighted by Gasteiger charge is 2.82. The van der Waals surface area contributed by atoms with Crippen molar-refractivity contribution < 1.29 is 47.4 Å². The molecule has 17 heavy (non-hydrogen) atoms. The third-order valence-electron chi connectivity index (χ3n) is 1.77. The van der Waals surface area contributed by atoms with Crippen LogP contribution in [0.15, 0.2) is 0 Å². The first-order valence-corrected chi connectivity index (χ1v) is 4.84. The molecule has 0 N–H and O–H groups in total. The van der Waals surface area contributed by atoms with E-state index < -0.39 is 40.2 Å². The third kappa shape index (κ3) is 2.18. The number of hydrogen-bond donors (Lipinski definition) is 0. The van der Waals surface area contributed by atoms with E-state index in [2.05, 4.69) is 0 Å². The van der Waals surface area contributed by atoms with Gasteiger partial charge in [-0.2, -0.15) is 39.2 Å². The van der Waals surface area contributed by atoms with Gasteiger partial charge < -0.3 is 0 Å². The first-order chi connectivity index (χ1) is 7.00. The Labute approximate surface area is 88.6 Å². The van der Waals surface area contributed by atoms with Crippen molar-refractivity contribution in [2.45, 2.75) is 29.9 Å². The van der Waals surface area contributed by atoms with Gasteiger partial charge in [-0.05, 0) is 6.92 Å². The fourth-order valence-electron chi connectivity index (χ4n) is 0.612. The highest BCUT2D eigenvalue weighted by Crippen LogP contribution is 2.54. The molecule has 104 valence electrons. The van der Waals surface area contributed by atoms with Crippen molar-refractivity contribution in [1.29, 1.82) is 0 Å². The van der Waals surface area contributed by atoms with Crippen LogP contribution in [-0.2, 0) is 10.2 Å². The van der Waals surface area contributed by atoms with E-state index >= 15 is 0 Å². The Balaban J connectivity index is 5.91. The quantitative estimate of drug-likeness (QED) is 0.593. The first-order valence-electron chi connectivity index (χ1n) is 3.45. The molecule has 0 aromatic rings. The van der Waals surface area contributed by atoms with Gasteiger partial charge in [-0.25, -0.2) is 4.39 Å². The van der Waals surface area contributed by atoms with E-state index in [9.17, 15) is 47.4 Å². The van der Waals surface area contributed by atoms with Crippen molar-refractivity contribution in [3.05, 3.63) is 0 Å². The van der Waals surface area contributed by atoms with Crippen LogP contribution in [0.1, 0.15) is 6.92 Å². The van der Waals surface area contributed by atoms with Crippen LogP contribution in [0.25, 0.3) is 0 Å². The predicted octanol–water partition coefficient (Wildman–Crippen LogP) is 2.80. The summed E-state index contributed by atoms with van der Waals surface area (Å²) >= 11 is 0. The minimum atomic E-state index is -7.05. The zero-order valence-electron chi connectivity index (χ0n) is 7.63. The van der Waals surface area contributed by atoms with E-state index in [0.29, 0.717) is 0 Å². The maximum absolute atomic E-state index is 12.7. The van der Waals surface area contributed by atoms with Crippen molar-refractivity contribution in [3.8, 4) is 0 Å². The molecule has 1 unspecified atom stereocenters. The lowest BCUT2D eigenvalue weighted by atomic mass is 10.1. The van der Waals surface area contributed by atoms with Gasteiger partial charge in [0, 0.05) is 0 Å². The molecular formula is C5H3F9O2S. The van der Waals surface area contributed by atoms with E-state index in [1.54, 1.807) is 0 Å². The highest BCUT2D eigenvalue weighted by molar-refractivity contribution is 7.87. The lowest BCUT2D eigenvalue weighted by molar-refractivity contribution is -0.369. The summed E-state index contributed by atoms with van der Waals surface area (Å²) in [5, 5.41) is -5.72. The maximum Gasteiger partial charge on any atom is 0.460 e. The SMILES string of the molecule is CC(F)(C(F)(F)C(F)(F)C(F)(F)F)S(=O)(=O)F. The molecule has 0 amide bonds. The summed E-state index contributed by atoms with van der Waals surface area (Å²) in [5.41, 5.74) is 0. The molecule has 0 spiro atoms. The molecule has 0 aromatic carbocycles. The van der Waals surface area contributed by atoms with Crippen LogP contribution < -0.4 is 0 Å². The highest BCUT2D eigenvalue weighted by atomic mass is 32.3. The number of halogens is 9. The van der Waals surface area contributed by atoms with Crippen molar-refractivity contribution in [2.75, 3.05) is 0 Å². The zero-order valence-corrected chi connectivity index (χ0v) is 8.44. The van der Waals surface area contributed by atoms with Gasteiger partial charge in [0.1, 0.15) is 0 Å². The van der Waals surface area contributed by atoms with Crippen LogP contribution in [0.3, 0.4) is 0 Å². The Morgan fingerprint density at radius 2 is 1.06 bits per heavy atom. The summed E-state index contributed by atoms with van der Waals surface area (Å²) in [7, 11) is -7.00. The Morgan fingerprint density at radius 1 is 0.765 bits per heavy atom. The topological polar surface area (TPSA) is 34.1 Å². The Hall–Kier alpha value is -0.680. The van der Waals surface area contributed by atoms with Crippen molar-refractivity contribution in [1.82, 2.24) is 0 Å². The fraction of sp³-hybridized carbons (Fsp3) is 1.00. The predicted molar refractivity (Wildman–Crippen MR) is 35.5 cm³/mol. The molecule has 0 heterocycles. The van der Waals surface area contributed by atoms with Gasteiger partial charge >= 0.3 is 33.2 Å². The number of alkyl halides is 8. The lowest BCUT2D eigenvalue weighted by Gasteiger charge is -2.33. The Bertz CT molecular complexity index is 392. The second-order valence-corrected chi connectivity index (χ2v) is 4.64. The van der Waals surface area contributed by atoms with Gasteiger partial charge in [-0.1, -0.05) is 0 Å². The molecule has 0 aliphatic carbocycles. The molecule has 0 radical (unpaired) electrons.